The van der Waals surface area contributed by atoms with Crippen molar-refractivity contribution in [3.63, 3.8) is 0 Å². The predicted molar refractivity (Wildman–Crippen MR) is 103 cm³/mol. The van der Waals surface area contributed by atoms with E-state index in [9.17, 15) is 27.6 Å². The number of hydrogen-bond donors (Lipinski definition) is 0. The van der Waals surface area contributed by atoms with Crippen LogP contribution in [-0.2, 0) is 40.2 Å². The molecule has 1 aromatic heterocycles. The highest BCUT2D eigenvalue weighted by molar-refractivity contribution is 8.06. The number of aromatic nitrogens is 1. The summed E-state index contributed by atoms with van der Waals surface area (Å²) < 4.78 is 34.7. The maximum atomic E-state index is 12.1. The fourth-order valence-corrected chi connectivity index (χ4v) is 3.93. The number of fused-ring (bicyclic) bond motifs is 1. The van der Waals surface area contributed by atoms with Gasteiger partial charge in [0.15, 0.2) is 4.80 Å². The smallest absolute Gasteiger partial charge is 0.338 e. The molecule has 12 heteroatoms. The summed E-state index contributed by atoms with van der Waals surface area (Å²) in [5, 5.41) is -1.14. The minimum Gasteiger partial charge on any atom is -0.468 e. The van der Waals surface area contributed by atoms with Crippen LogP contribution in [0, 0.1) is 0 Å². The number of rotatable bonds is 6. The monoisotopic (exact) mass is 442 g/mol. The van der Waals surface area contributed by atoms with Gasteiger partial charge in [-0.15, -0.1) is 0 Å². The van der Waals surface area contributed by atoms with E-state index in [0.717, 1.165) is 18.3 Å². The van der Waals surface area contributed by atoms with Crippen molar-refractivity contribution in [3.05, 3.63) is 28.6 Å². The molecule has 0 radical (unpaired) electrons. The lowest BCUT2D eigenvalue weighted by Gasteiger charge is -2.05. The normalized spacial score (nSPS) is 12.0. The molecule has 156 valence electrons. The zero-order valence-electron chi connectivity index (χ0n) is 15.8. The largest absolute Gasteiger partial charge is 0.468 e. The topological polar surface area (TPSA) is 138 Å². The van der Waals surface area contributed by atoms with E-state index in [1.54, 1.807) is 13.0 Å². The Kier molecular flexibility index (Phi) is 7.03. The Morgan fingerprint density at radius 2 is 1.90 bits per heavy atom. The number of nitrogens with zero attached hydrogens (tertiary/aromatic N) is 2. The maximum Gasteiger partial charge on any atom is 0.338 e. The van der Waals surface area contributed by atoms with Crippen molar-refractivity contribution >= 4 is 54.4 Å². The second-order valence-corrected chi connectivity index (χ2v) is 8.81. The van der Waals surface area contributed by atoms with Crippen LogP contribution in [0.2, 0.25) is 0 Å². The number of esters is 2. The van der Waals surface area contributed by atoms with Crippen LogP contribution in [0.1, 0.15) is 24.2 Å². The molecule has 1 aromatic carbocycles. The van der Waals surface area contributed by atoms with E-state index in [1.165, 1.54) is 23.8 Å². The lowest BCUT2D eigenvalue weighted by Crippen LogP contribution is -2.25. The van der Waals surface area contributed by atoms with Crippen molar-refractivity contribution in [2.24, 2.45) is 4.99 Å². The average Bonchev–Trinajstić information content (AvgIpc) is 2.97. The van der Waals surface area contributed by atoms with Crippen molar-refractivity contribution in [1.82, 2.24) is 4.57 Å². The first-order chi connectivity index (χ1) is 13.6. The van der Waals surface area contributed by atoms with E-state index >= 15 is 0 Å². The molecule has 0 saturated heterocycles. The van der Waals surface area contributed by atoms with Gasteiger partial charge in [-0.3, -0.25) is 14.4 Å². The van der Waals surface area contributed by atoms with E-state index in [-0.39, 0.29) is 23.5 Å². The molecular weight excluding hydrogens is 424 g/mol. The van der Waals surface area contributed by atoms with Gasteiger partial charge in [0.1, 0.15) is 12.3 Å². The van der Waals surface area contributed by atoms with E-state index in [4.69, 9.17) is 4.74 Å². The number of methoxy groups -OCH3 is 1. The summed E-state index contributed by atoms with van der Waals surface area (Å²) in [6, 6.07) is 4.56. The summed E-state index contributed by atoms with van der Waals surface area (Å²) >= 11 is 0.969. The van der Waals surface area contributed by atoms with Crippen LogP contribution in [0.4, 0.5) is 0 Å². The molecule has 29 heavy (non-hydrogen) atoms. The molecule has 0 aliphatic heterocycles. The molecule has 0 fully saturated rings. The molecule has 0 unspecified atom stereocenters. The van der Waals surface area contributed by atoms with Crippen molar-refractivity contribution in [1.29, 1.82) is 0 Å². The Morgan fingerprint density at radius 3 is 2.48 bits per heavy atom. The molecule has 1 heterocycles. The number of carbonyl (C=O) groups is 4. The molecule has 2 aromatic rings. The molecule has 0 spiro atoms. The minimum atomic E-state index is -4.25. The first-order valence-corrected chi connectivity index (χ1v) is 10.7. The summed E-state index contributed by atoms with van der Waals surface area (Å²) in [5.74, 6) is -3.30. The summed E-state index contributed by atoms with van der Waals surface area (Å²) in [6.45, 7) is 2.42. The first-order valence-electron chi connectivity index (χ1n) is 8.27. The Bertz CT molecular complexity index is 1160. The predicted octanol–water partition coefficient (Wildman–Crippen LogP) is 0.441. The third kappa shape index (κ3) is 5.35. The van der Waals surface area contributed by atoms with Gasteiger partial charge in [-0.2, -0.15) is 4.99 Å². The molecule has 0 saturated carbocycles. The lowest BCUT2D eigenvalue weighted by atomic mass is 10.2. The summed E-state index contributed by atoms with van der Waals surface area (Å²) in [7, 11) is -3.06. The number of thiazole rings is 1. The van der Waals surface area contributed by atoms with Gasteiger partial charge < -0.3 is 14.0 Å². The van der Waals surface area contributed by atoms with E-state index in [0.29, 0.717) is 10.2 Å². The van der Waals surface area contributed by atoms with Crippen LogP contribution in [0.25, 0.3) is 10.2 Å². The van der Waals surface area contributed by atoms with Gasteiger partial charge in [-0.1, -0.05) is 11.3 Å². The lowest BCUT2D eigenvalue weighted by molar-refractivity contribution is -0.141. The number of ether oxygens (including phenoxy) is 2. The van der Waals surface area contributed by atoms with E-state index in [2.05, 4.69) is 9.73 Å². The van der Waals surface area contributed by atoms with Gasteiger partial charge in [0.2, 0.25) is 15.0 Å². The standard InChI is InChI=1S/C17H18N2O8S2/c1-4-27-16(23)11-5-6-12-13(7-11)28-17(19(12)8-15(22)26-3)18-14(21)9-29(24,25)10(2)20/h5-7H,4,8-9H2,1-3H3. The van der Waals surface area contributed by atoms with E-state index < -0.39 is 38.6 Å². The molecular formula is C17H18N2O8S2. The van der Waals surface area contributed by atoms with Gasteiger partial charge in [0.25, 0.3) is 5.91 Å². The molecule has 10 nitrogen and oxygen atoms in total. The van der Waals surface area contributed by atoms with Gasteiger partial charge >= 0.3 is 11.9 Å². The Hall–Kier alpha value is -2.86. The molecule has 1 amide bonds. The van der Waals surface area contributed by atoms with Crippen LogP contribution in [0.15, 0.2) is 23.2 Å². The Morgan fingerprint density at radius 1 is 1.21 bits per heavy atom. The number of carbonyl (C=O) groups excluding carboxylic acids is 4. The van der Waals surface area contributed by atoms with Crippen LogP contribution in [0.3, 0.4) is 0 Å². The molecule has 2 rings (SSSR count). The van der Waals surface area contributed by atoms with Gasteiger partial charge in [0.05, 0.1) is 29.5 Å². The summed E-state index contributed by atoms with van der Waals surface area (Å²) in [5.41, 5.74) is 0.747. The van der Waals surface area contributed by atoms with Gasteiger partial charge in [0, 0.05) is 6.92 Å². The first kappa shape index (κ1) is 22.4. The number of hydrogen-bond acceptors (Lipinski definition) is 9. The third-order valence-corrected chi connectivity index (χ3v) is 6.22. The maximum absolute atomic E-state index is 12.1. The third-order valence-electron chi connectivity index (χ3n) is 3.68. The number of benzene rings is 1. The molecule has 0 bridgehead atoms. The van der Waals surface area contributed by atoms with E-state index in [1.807, 2.05) is 0 Å². The highest BCUT2D eigenvalue weighted by Crippen LogP contribution is 2.20. The summed E-state index contributed by atoms with van der Waals surface area (Å²) in [6.07, 6.45) is 0. The zero-order chi connectivity index (χ0) is 21.8. The SMILES string of the molecule is CCOC(=O)c1ccc2c(c1)sc(=NC(=O)CS(=O)(=O)C(C)=O)n2CC(=O)OC. The fraction of sp³-hybridized carbons (Fsp3) is 0.353. The zero-order valence-corrected chi connectivity index (χ0v) is 17.5. The van der Waals surface area contributed by atoms with Crippen molar-refractivity contribution in [3.8, 4) is 0 Å². The summed E-state index contributed by atoms with van der Waals surface area (Å²) in [4.78, 5) is 50.7. The second kappa shape index (κ2) is 9.09. The number of amides is 1. The second-order valence-electron chi connectivity index (χ2n) is 5.71. The Balaban J connectivity index is 2.58. The quantitative estimate of drug-likeness (QED) is 0.588. The average molecular weight is 442 g/mol. The molecule has 0 atom stereocenters. The number of sulfone groups is 1. The fourth-order valence-electron chi connectivity index (χ4n) is 2.25. The highest BCUT2D eigenvalue weighted by atomic mass is 32.2. The molecule has 0 aliphatic rings. The molecule has 0 N–H and O–H groups in total. The highest BCUT2D eigenvalue weighted by Gasteiger charge is 2.22. The van der Waals surface area contributed by atoms with Crippen LogP contribution in [0.5, 0.6) is 0 Å². The van der Waals surface area contributed by atoms with Crippen LogP contribution >= 0.6 is 11.3 Å². The van der Waals surface area contributed by atoms with Crippen LogP contribution < -0.4 is 4.80 Å². The van der Waals surface area contributed by atoms with Gasteiger partial charge in [-0.05, 0) is 25.1 Å². The van der Waals surface area contributed by atoms with Crippen molar-refractivity contribution in [2.75, 3.05) is 19.5 Å². The van der Waals surface area contributed by atoms with Crippen molar-refractivity contribution in [2.45, 2.75) is 20.4 Å². The molecule has 0 aliphatic carbocycles. The van der Waals surface area contributed by atoms with Gasteiger partial charge in [-0.25, -0.2) is 13.2 Å². The van der Waals surface area contributed by atoms with Crippen LogP contribution in [-0.4, -0.2) is 55.4 Å². The minimum absolute atomic E-state index is 0.0233. The van der Waals surface area contributed by atoms with Crippen molar-refractivity contribution < 1.29 is 37.1 Å². The Labute approximate surface area is 169 Å².